The van der Waals surface area contributed by atoms with Gasteiger partial charge in [-0.15, -0.1) is 0 Å². The molecule has 0 bridgehead atoms. The van der Waals surface area contributed by atoms with Crippen molar-refractivity contribution in [1.82, 2.24) is 21.3 Å². The van der Waals surface area contributed by atoms with Gasteiger partial charge in [-0.25, -0.2) is 0 Å². The summed E-state index contributed by atoms with van der Waals surface area (Å²) in [4.78, 5) is 137. The summed E-state index contributed by atoms with van der Waals surface area (Å²) in [5.41, 5.74) is 22.9. The maximum Gasteiger partial charge on any atom is 0.305 e. The Morgan fingerprint density at radius 3 is 1.56 bits per heavy atom. The Labute approximate surface area is 430 Å². The van der Waals surface area contributed by atoms with Gasteiger partial charge in [0.2, 0.25) is 29.5 Å². The highest BCUT2D eigenvalue weighted by molar-refractivity contribution is 5.99. The number of aliphatic hydroxyl groups excluding tert-OH is 1. The summed E-state index contributed by atoms with van der Waals surface area (Å²) in [6.07, 6.45) is 1.66. The van der Waals surface area contributed by atoms with E-state index >= 15 is 0 Å². The number of aliphatic carboxylic acids is 1. The average Bonchev–Trinajstić information content (AvgIpc) is 3.34. The van der Waals surface area contributed by atoms with Crippen molar-refractivity contribution in [1.29, 1.82) is 0 Å². The third-order valence-electron chi connectivity index (χ3n) is 13.6. The molecule has 21 heteroatoms. The van der Waals surface area contributed by atoms with E-state index in [9.17, 15) is 58.2 Å². The van der Waals surface area contributed by atoms with E-state index in [1.807, 2.05) is 20.8 Å². The lowest BCUT2D eigenvalue weighted by Gasteiger charge is -2.28. The number of ketones is 4. The summed E-state index contributed by atoms with van der Waals surface area (Å²) in [5, 5.41) is 30.4. The van der Waals surface area contributed by atoms with Crippen molar-refractivity contribution in [3.05, 3.63) is 35.9 Å². The first-order valence-electron chi connectivity index (χ1n) is 25.7. The minimum atomic E-state index is -1.63. The van der Waals surface area contributed by atoms with Crippen molar-refractivity contribution >= 4 is 64.6 Å². The Morgan fingerprint density at radius 2 is 1.05 bits per heavy atom. The number of carbonyl (C=O) groups excluding carboxylic acids is 9. The normalized spacial score (nSPS) is 15.7. The molecule has 0 spiro atoms. The Hall–Kier alpha value is -6.09. The van der Waals surface area contributed by atoms with E-state index in [0.29, 0.717) is 38.6 Å². The number of carbonyl (C=O) groups is 10. The maximum atomic E-state index is 14.1. The topological polar surface area (TPSA) is 376 Å². The molecule has 0 aliphatic rings. The highest BCUT2D eigenvalue weighted by atomic mass is 16.4. The van der Waals surface area contributed by atoms with Gasteiger partial charge in [0.1, 0.15) is 6.04 Å². The van der Waals surface area contributed by atoms with Crippen LogP contribution in [0, 0.1) is 41.4 Å². The van der Waals surface area contributed by atoms with E-state index in [-0.39, 0.29) is 55.9 Å². The zero-order valence-corrected chi connectivity index (χ0v) is 44.0. The number of aliphatic imine (C=N–C) groups is 1. The van der Waals surface area contributed by atoms with Crippen LogP contribution in [0.4, 0.5) is 0 Å². The minimum Gasteiger partial charge on any atom is -0.481 e. The summed E-state index contributed by atoms with van der Waals surface area (Å²) in [6.45, 7) is 11.6. The van der Waals surface area contributed by atoms with Crippen LogP contribution in [-0.4, -0.2) is 119 Å². The van der Waals surface area contributed by atoms with Crippen molar-refractivity contribution in [2.24, 2.45) is 69.4 Å². The van der Waals surface area contributed by atoms with Gasteiger partial charge in [0.15, 0.2) is 29.1 Å². The lowest BCUT2D eigenvalue weighted by Crippen LogP contribution is -2.50. The standard InChI is InChI=1S/C52H85N9O12/c1-8-30(4)36(47(54)69)26-44(65)39(25-34-17-12-11-13-18-34)60-51(73)37(31(5)9-2)27-45(66)40(28-46(67)68)59-48(70)33(7)24-43(64)41(29-62)61-49(71)32(6)23-42(63)38(20-16-22-57-52(55)56)58-50(72)35(10-3)19-14-15-21-53/h11-13,17-18,30-33,35-41,62H,8-10,14-16,19-29,53H2,1-7H3,(H2,54,69)(H,58,72)(H,59,70)(H,60,73)(H,61,71)(H,67,68)(H4,55,56,57)/t30-,31-,32+,33+,35-,36-,37-,38-,39-,40-,41-/m0/s1. The summed E-state index contributed by atoms with van der Waals surface area (Å²) < 4.78 is 0. The number of guanidine groups is 1. The summed E-state index contributed by atoms with van der Waals surface area (Å²) in [7, 11) is 0. The van der Waals surface area contributed by atoms with Crippen molar-refractivity contribution < 1.29 is 58.2 Å². The number of carboxylic acids is 1. The van der Waals surface area contributed by atoms with Crippen molar-refractivity contribution in [3.63, 3.8) is 0 Å². The smallest absolute Gasteiger partial charge is 0.305 e. The molecule has 0 aliphatic heterocycles. The molecule has 21 nitrogen and oxygen atoms in total. The van der Waals surface area contributed by atoms with Gasteiger partial charge in [0.05, 0.1) is 31.2 Å². The molecule has 0 unspecified atom stereocenters. The van der Waals surface area contributed by atoms with Crippen LogP contribution in [0.15, 0.2) is 35.3 Å². The van der Waals surface area contributed by atoms with Crippen LogP contribution in [0.5, 0.6) is 0 Å². The molecule has 0 saturated heterocycles. The van der Waals surface area contributed by atoms with Gasteiger partial charge < -0.3 is 54.4 Å². The van der Waals surface area contributed by atoms with Crippen LogP contribution in [0.3, 0.4) is 0 Å². The van der Waals surface area contributed by atoms with Crippen LogP contribution in [0.25, 0.3) is 0 Å². The Bertz CT molecular complexity index is 2010. The number of Topliss-reactive ketones (excluding diaryl/α,β-unsaturated/α-hetero) is 4. The third-order valence-corrected chi connectivity index (χ3v) is 13.6. The van der Waals surface area contributed by atoms with Gasteiger partial charge in [-0.3, -0.25) is 52.9 Å². The number of carboxylic acid groups (broad SMARTS) is 1. The number of nitrogens with one attached hydrogen (secondary N) is 4. The number of rotatable bonds is 39. The molecule has 0 radical (unpaired) electrons. The third kappa shape index (κ3) is 24.0. The maximum absolute atomic E-state index is 14.1. The van der Waals surface area contributed by atoms with Gasteiger partial charge in [-0.2, -0.15) is 0 Å². The first kappa shape index (κ1) is 64.9. The molecule has 0 aromatic heterocycles. The molecule has 1 aromatic rings. The number of amides is 5. The molecule has 11 atom stereocenters. The highest BCUT2D eigenvalue weighted by Crippen LogP contribution is 2.24. The van der Waals surface area contributed by atoms with E-state index in [2.05, 4.69) is 26.3 Å². The van der Waals surface area contributed by atoms with Gasteiger partial charge >= 0.3 is 5.97 Å². The van der Waals surface area contributed by atoms with Crippen LogP contribution in [0.2, 0.25) is 0 Å². The lowest BCUT2D eigenvalue weighted by molar-refractivity contribution is -0.141. The fourth-order valence-corrected chi connectivity index (χ4v) is 8.31. The summed E-state index contributed by atoms with van der Waals surface area (Å²) in [6, 6.07) is 3.67. The molecular weight excluding hydrogens is 943 g/mol. The fourth-order valence-electron chi connectivity index (χ4n) is 8.31. The highest BCUT2D eigenvalue weighted by Gasteiger charge is 2.37. The SMILES string of the molecule is CC[C@@H](CCCCN)C(=O)N[C@@H](CCCN=C(N)N)C(=O)C[C@@H](C)C(=O)N[C@@H](CO)C(=O)C[C@@H](C)C(=O)N[C@@H](CC(=O)O)C(=O)C[C@H](C(=O)N[C@@H](Cc1ccccc1)C(=O)C[C@H](C(N)=O)[C@@H](C)CC)[C@@H](C)CC. The molecule has 1 rings (SSSR count). The predicted molar refractivity (Wildman–Crippen MR) is 276 cm³/mol. The van der Waals surface area contributed by atoms with Crippen molar-refractivity contribution in [2.75, 3.05) is 19.7 Å². The second-order valence-corrected chi connectivity index (χ2v) is 19.4. The number of unbranched alkanes of at least 4 members (excludes halogenated alkanes) is 1. The van der Waals surface area contributed by atoms with Gasteiger partial charge in [-0.1, -0.05) is 98.1 Å². The van der Waals surface area contributed by atoms with Gasteiger partial charge in [-0.05, 0) is 62.5 Å². The van der Waals surface area contributed by atoms with E-state index in [1.165, 1.54) is 13.8 Å². The number of benzene rings is 1. The first-order valence-corrected chi connectivity index (χ1v) is 25.7. The number of nitrogens with zero attached hydrogens (tertiary/aromatic N) is 1. The quantitative estimate of drug-likeness (QED) is 0.0255. The molecule has 0 saturated carbocycles. The van der Waals surface area contributed by atoms with Crippen molar-refractivity contribution in [2.45, 2.75) is 163 Å². The van der Waals surface area contributed by atoms with Crippen LogP contribution in [0.1, 0.15) is 138 Å². The zero-order chi connectivity index (χ0) is 55.4. The Balaban J connectivity index is 3.18. The second kappa shape index (κ2) is 34.4. The van der Waals surface area contributed by atoms with Gasteiger partial charge in [0.25, 0.3) is 0 Å². The summed E-state index contributed by atoms with van der Waals surface area (Å²) >= 11 is 0. The van der Waals surface area contributed by atoms with Crippen molar-refractivity contribution in [3.8, 4) is 0 Å². The number of primary amides is 1. The lowest BCUT2D eigenvalue weighted by atomic mass is 9.83. The monoisotopic (exact) mass is 1030 g/mol. The minimum absolute atomic E-state index is 0.0770. The fraction of sp³-hybridized carbons (Fsp3) is 0.673. The largest absolute Gasteiger partial charge is 0.481 e. The van der Waals surface area contributed by atoms with Crippen LogP contribution >= 0.6 is 0 Å². The Morgan fingerprint density at radius 1 is 0.562 bits per heavy atom. The molecule has 410 valence electrons. The van der Waals surface area contributed by atoms with E-state index in [4.69, 9.17) is 22.9 Å². The predicted octanol–water partition coefficient (Wildman–Crippen LogP) is 1.76. The molecule has 0 aliphatic carbocycles. The average molecular weight is 1030 g/mol. The number of nitrogens with two attached hydrogens (primary N) is 4. The molecule has 73 heavy (non-hydrogen) atoms. The molecular formula is C52H85N9O12. The molecule has 0 fully saturated rings. The molecule has 1 aromatic carbocycles. The van der Waals surface area contributed by atoms with E-state index in [1.54, 1.807) is 44.2 Å². The number of aliphatic hydroxyl groups is 1. The number of hydrogen-bond acceptors (Lipinski definition) is 13. The Kier molecular flexibility index (Phi) is 30.6. The number of hydrogen-bond donors (Lipinski definition) is 10. The van der Waals surface area contributed by atoms with E-state index in [0.717, 1.165) is 18.4 Å². The first-order chi connectivity index (χ1) is 34.4. The van der Waals surface area contributed by atoms with Gasteiger partial charge in [0, 0.05) is 61.8 Å². The van der Waals surface area contributed by atoms with Crippen LogP contribution < -0.4 is 44.2 Å². The van der Waals surface area contributed by atoms with Crippen LogP contribution in [-0.2, 0) is 54.4 Å². The second-order valence-electron chi connectivity index (χ2n) is 19.4. The molecule has 14 N–H and O–H groups in total. The molecule has 5 amide bonds. The molecule has 0 heterocycles. The van der Waals surface area contributed by atoms with E-state index < -0.39 is 132 Å². The summed E-state index contributed by atoms with van der Waals surface area (Å²) in [5.74, 6) is -12.4. The zero-order valence-electron chi connectivity index (χ0n) is 44.0.